The normalized spacial score (nSPS) is 29.3. The molecule has 64 valence electrons. The highest BCUT2D eigenvalue weighted by atomic mass is 13.8. The Bertz CT molecular complexity index is 204. The van der Waals surface area contributed by atoms with Crippen LogP contribution < -0.4 is 0 Å². The molecule has 0 nitrogen and oxygen atoms in total. The zero-order valence-corrected chi connectivity index (χ0v) is 7.45. The van der Waals surface area contributed by atoms with Crippen LogP contribution >= 0.6 is 0 Å². The Balaban J connectivity index is 2.41. The van der Waals surface area contributed by atoms with Gasteiger partial charge in [0.1, 0.15) is 0 Å². The maximum absolute atomic E-state index is 2.25. The highest BCUT2D eigenvalue weighted by molar-refractivity contribution is 5.06. The molecule has 0 aliphatic heterocycles. The minimum Gasteiger partial charge on any atom is -0.0879 e. The van der Waals surface area contributed by atoms with E-state index in [1.165, 1.54) is 0 Å². The van der Waals surface area contributed by atoms with Gasteiger partial charge in [-0.05, 0) is 25.7 Å². The molecule has 0 N–H and O–H groups in total. The summed E-state index contributed by atoms with van der Waals surface area (Å²) in [5.74, 6) is 0. The van der Waals surface area contributed by atoms with Crippen LogP contribution in [0, 0.1) is 0 Å². The molecule has 0 saturated heterocycles. The summed E-state index contributed by atoms with van der Waals surface area (Å²) < 4.78 is 0. The van der Waals surface area contributed by atoms with Gasteiger partial charge in [-0.15, -0.1) is 0 Å². The quantitative estimate of drug-likeness (QED) is 0.473. The van der Waals surface area contributed by atoms with Crippen molar-refractivity contribution in [1.82, 2.24) is 0 Å². The zero-order valence-electron chi connectivity index (χ0n) is 7.45. The minimum atomic E-state index is 1.05. The molecule has 0 unspecified atom stereocenters. The van der Waals surface area contributed by atoms with Gasteiger partial charge in [0.2, 0.25) is 0 Å². The summed E-state index contributed by atoms with van der Waals surface area (Å²) in [7, 11) is 0. The molecule has 1 aliphatic carbocycles. The van der Waals surface area contributed by atoms with E-state index in [0.717, 1.165) is 25.7 Å². The largest absolute Gasteiger partial charge is 0.0879 e. The van der Waals surface area contributed by atoms with E-state index in [2.05, 4.69) is 48.6 Å². The van der Waals surface area contributed by atoms with Crippen molar-refractivity contribution in [1.29, 1.82) is 0 Å². The number of hydrogen-bond donors (Lipinski definition) is 0. The summed E-state index contributed by atoms with van der Waals surface area (Å²) in [6, 6.07) is 0. The second-order valence-corrected chi connectivity index (χ2v) is 2.85. The molecule has 0 aromatic carbocycles. The standard InChI is InChI=1S/C12H16/c1-2-4-6-8-10-12-11-9-7-5-3-1/h1-4,7,9-10,12H,5-6,8,11H2/b3-1-,4-2+,9-7-,12-10+. The lowest BCUT2D eigenvalue weighted by atomic mass is 10.2. The number of hydrogen-bond acceptors (Lipinski definition) is 0. The average Bonchev–Trinajstić information content (AvgIpc) is 2.05. The van der Waals surface area contributed by atoms with Gasteiger partial charge in [-0.2, -0.15) is 0 Å². The van der Waals surface area contributed by atoms with Crippen molar-refractivity contribution in [3.63, 3.8) is 0 Å². The molecule has 1 aliphatic rings. The van der Waals surface area contributed by atoms with Crippen LogP contribution in [0.15, 0.2) is 48.6 Å². The lowest BCUT2D eigenvalue weighted by molar-refractivity contribution is 1.04. The topological polar surface area (TPSA) is 0 Å². The first-order valence-electron chi connectivity index (χ1n) is 4.62. The summed E-state index contributed by atoms with van der Waals surface area (Å²) in [5.41, 5.74) is 0. The first kappa shape index (κ1) is 9.05. The molecule has 0 spiro atoms. The Morgan fingerprint density at radius 2 is 1.08 bits per heavy atom. The van der Waals surface area contributed by atoms with Crippen molar-refractivity contribution < 1.29 is 0 Å². The molecule has 0 aromatic heterocycles. The maximum atomic E-state index is 2.25. The van der Waals surface area contributed by atoms with E-state index in [1.54, 1.807) is 0 Å². The van der Waals surface area contributed by atoms with E-state index in [9.17, 15) is 0 Å². The van der Waals surface area contributed by atoms with Crippen LogP contribution in [0.1, 0.15) is 25.7 Å². The highest BCUT2D eigenvalue weighted by Gasteiger charge is 1.77. The molecule has 0 radical (unpaired) electrons. The molecule has 0 atom stereocenters. The van der Waals surface area contributed by atoms with Gasteiger partial charge in [0.15, 0.2) is 0 Å². The first-order valence-corrected chi connectivity index (χ1v) is 4.62. The Kier molecular flexibility index (Phi) is 5.02. The van der Waals surface area contributed by atoms with Crippen LogP contribution in [0.25, 0.3) is 0 Å². The Morgan fingerprint density at radius 3 is 2.00 bits per heavy atom. The Labute approximate surface area is 75.0 Å². The molecule has 0 heterocycles. The van der Waals surface area contributed by atoms with Crippen LogP contribution in [0.3, 0.4) is 0 Å². The van der Waals surface area contributed by atoms with E-state index in [0.29, 0.717) is 0 Å². The van der Waals surface area contributed by atoms with Crippen LogP contribution in [0.4, 0.5) is 0 Å². The average molecular weight is 160 g/mol. The summed E-state index contributed by atoms with van der Waals surface area (Å²) in [4.78, 5) is 0. The van der Waals surface area contributed by atoms with Crippen LogP contribution in [-0.2, 0) is 0 Å². The molecule has 0 fully saturated rings. The molecular formula is C12H16. The van der Waals surface area contributed by atoms with Crippen LogP contribution in [0.2, 0.25) is 0 Å². The van der Waals surface area contributed by atoms with Gasteiger partial charge in [-0.3, -0.25) is 0 Å². The summed E-state index contributed by atoms with van der Waals surface area (Å²) in [5, 5.41) is 0. The summed E-state index contributed by atoms with van der Waals surface area (Å²) in [6.45, 7) is 0. The number of rotatable bonds is 0. The maximum Gasteiger partial charge on any atom is -0.0166 e. The minimum absolute atomic E-state index is 1.05. The molecule has 0 aromatic rings. The fourth-order valence-electron chi connectivity index (χ4n) is 1.09. The lowest BCUT2D eigenvalue weighted by Crippen LogP contribution is -1.67. The lowest BCUT2D eigenvalue weighted by Gasteiger charge is -1.88. The van der Waals surface area contributed by atoms with E-state index in [1.807, 2.05) is 0 Å². The van der Waals surface area contributed by atoms with Gasteiger partial charge in [0.05, 0.1) is 0 Å². The van der Waals surface area contributed by atoms with Gasteiger partial charge in [-0.25, -0.2) is 0 Å². The van der Waals surface area contributed by atoms with Crippen LogP contribution in [0.5, 0.6) is 0 Å². The van der Waals surface area contributed by atoms with Gasteiger partial charge >= 0.3 is 0 Å². The van der Waals surface area contributed by atoms with Crippen molar-refractivity contribution in [3.8, 4) is 0 Å². The first-order chi connectivity index (χ1) is 6.00. The molecule has 12 heavy (non-hydrogen) atoms. The molecule has 1 rings (SSSR count). The summed E-state index contributed by atoms with van der Waals surface area (Å²) >= 11 is 0. The second-order valence-electron chi connectivity index (χ2n) is 2.85. The zero-order chi connectivity index (χ0) is 8.49. The molecular weight excluding hydrogens is 144 g/mol. The van der Waals surface area contributed by atoms with Gasteiger partial charge in [-0.1, -0.05) is 48.6 Å². The monoisotopic (exact) mass is 160 g/mol. The van der Waals surface area contributed by atoms with Gasteiger partial charge < -0.3 is 0 Å². The second kappa shape index (κ2) is 6.66. The Morgan fingerprint density at radius 1 is 0.500 bits per heavy atom. The SMILES string of the molecule is C1=C\C/C=C\C/C=C/CC/C=C/1. The Hall–Kier alpha value is -1.04. The smallest absolute Gasteiger partial charge is 0.0166 e. The van der Waals surface area contributed by atoms with E-state index < -0.39 is 0 Å². The fourth-order valence-corrected chi connectivity index (χ4v) is 1.09. The van der Waals surface area contributed by atoms with Gasteiger partial charge in [0.25, 0.3) is 0 Å². The van der Waals surface area contributed by atoms with Crippen molar-refractivity contribution in [2.45, 2.75) is 25.7 Å². The third kappa shape index (κ3) is 4.73. The summed E-state index contributed by atoms with van der Waals surface area (Å²) in [6.07, 6.45) is 22.0. The third-order valence-corrected chi connectivity index (χ3v) is 1.76. The highest BCUT2D eigenvalue weighted by Crippen LogP contribution is 1.98. The van der Waals surface area contributed by atoms with Gasteiger partial charge in [0, 0.05) is 0 Å². The fraction of sp³-hybridized carbons (Fsp3) is 0.333. The molecule has 0 bridgehead atoms. The van der Waals surface area contributed by atoms with Crippen molar-refractivity contribution >= 4 is 0 Å². The molecule has 0 saturated carbocycles. The van der Waals surface area contributed by atoms with E-state index >= 15 is 0 Å². The number of allylic oxidation sites excluding steroid dienone is 8. The predicted molar refractivity (Wildman–Crippen MR) is 55.0 cm³/mol. The third-order valence-electron chi connectivity index (χ3n) is 1.76. The molecule has 0 amide bonds. The van der Waals surface area contributed by atoms with Crippen molar-refractivity contribution in [3.05, 3.63) is 48.6 Å². The molecule has 0 heteroatoms. The van der Waals surface area contributed by atoms with Crippen molar-refractivity contribution in [2.75, 3.05) is 0 Å². The van der Waals surface area contributed by atoms with E-state index in [4.69, 9.17) is 0 Å². The predicted octanol–water partition coefficient (Wildman–Crippen LogP) is 3.79. The van der Waals surface area contributed by atoms with E-state index in [-0.39, 0.29) is 0 Å². The van der Waals surface area contributed by atoms with Crippen LogP contribution in [-0.4, -0.2) is 0 Å². The van der Waals surface area contributed by atoms with Crippen molar-refractivity contribution in [2.24, 2.45) is 0 Å².